The second kappa shape index (κ2) is 8.98. The van der Waals surface area contributed by atoms with Gasteiger partial charge in [-0.2, -0.15) is 0 Å². The van der Waals surface area contributed by atoms with E-state index in [1.807, 2.05) is 0 Å². The van der Waals surface area contributed by atoms with Gasteiger partial charge in [0.1, 0.15) is 0 Å². The Balaban J connectivity index is 1.47. The molecule has 0 unspecified atom stereocenters. The van der Waals surface area contributed by atoms with Crippen LogP contribution in [0.4, 0.5) is 10.8 Å². The summed E-state index contributed by atoms with van der Waals surface area (Å²) in [6, 6.07) is 8.29. The normalized spacial score (nSPS) is 18.6. The monoisotopic (exact) mass is 378 g/mol. The Kier molecular flexibility index (Phi) is 6.70. The Bertz CT molecular complexity index is 659. The van der Waals surface area contributed by atoms with Crippen LogP contribution in [0.2, 0.25) is 0 Å². The molecule has 2 aromatic rings. The summed E-state index contributed by atoms with van der Waals surface area (Å²) in [6.07, 6.45) is 0.273. The van der Waals surface area contributed by atoms with Gasteiger partial charge in [0.05, 0.1) is 12.7 Å². The smallest absolute Gasteiger partial charge is 0.210 e. The number of nitrogens with one attached hydrogen (secondary N) is 1. The SMILES string of the molecule is Cc1ccc(Nc2nnc(SC[C@H]3CN(CC(C)C)CCO3)s2)cc1. The molecule has 5 nitrogen and oxygen atoms in total. The number of morpholine rings is 1. The molecule has 0 amide bonds. The highest BCUT2D eigenvalue weighted by Gasteiger charge is 2.21. The molecule has 1 atom stereocenters. The molecule has 2 heterocycles. The average molecular weight is 379 g/mol. The number of nitrogens with zero attached hydrogens (tertiary/aromatic N) is 3. The van der Waals surface area contributed by atoms with E-state index in [-0.39, 0.29) is 6.10 Å². The maximum atomic E-state index is 5.90. The van der Waals surface area contributed by atoms with Crippen molar-refractivity contribution in [1.29, 1.82) is 0 Å². The summed E-state index contributed by atoms with van der Waals surface area (Å²) in [5.74, 6) is 1.62. The van der Waals surface area contributed by atoms with Crippen molar-refractivity contribution in [3.8, 4) is 0 Å². The van der Waals surface area contributed by atoms with Crippen LogP contribution in [0.25, 0.3) is 0 Å². The van der Waals surface area contributed by atoms with Gasteiger partial charge in [-0.3, -0.25) is 4.90 Å². The maximum Gasteiger partial charge on any atom is 0.210 e. The summed E-state index contributed by atoms with van der Waals surface area (Å²) in [7, 11) is 0. The molecule has 0 radical (unpaired) electrons. The zero-order valence-electron chi connectivity index (χ0n) is 15.1. The molecule has 1 aromatic carbocycles. The predicted molar refractivity (Wildman–Crippen MR) is 106 cm³/mol. The van der Waals surface area contributed by atoms with Crippen molar-refractivity contribution in [2.75, 3.05) is 37.3 Å². The van der Waals surface area contributed by atoms with Crippen molar-refractivity contribution in [2.45, 2.75) is 31.2 Å². The van der Waals surface area contributed by atoms with Gasteiger partial charge in [0.25, 0.3) is 0 Å². The van der Waals surface area contributed by atoms with Crippen molar-refractivity contribution in [2.24, 2.45) is 5.92 Å². The molecular formula is C18H26N4OS2. The van der Waals surface area contributed by atoms with Crippen molar-refractivity contribution in [3.63, 3.8) is 0 Å². The van der Waals surface area contributed by atoms with E-state index in [4.69, 9.17) is 4.74 Å². The fourth-order valence-electron chi connectivity index (χ4n) is 2.81. The van der Waals surface area contributed by atoms with Crippen molar-refractivity contribution < 1.29 is 4.74 Å². The number of hydrogen-bond acceptors (Lipinski definition) is 7. The summed E-state index contributed by atoms with van der Waals surface area (Å²) in [6.45, 7) is 10.6. The maximum absolute atomic E-state index is 5.90. The number of hydrogen-bond donors (Lipinski definition) is 1. The van der Waals surface area contributed by atoms with Crippen LogP contribution < -0.4 is 5.32 Å². The van der Waals surface area contributed by atoms with Gasteiger partial charge in [0.2, 0.25) is 5.13 Å². The highest BCUT2D eigenvalue weighted by Crippen LogP contribution is 2.29. The van der Waals surface area contributed by atoms with Crippen LogP contribution in [0.15, 0.2) is 28.6 Å². The summed E-state index contributed by atoms with van der Waals surface area (Å²) in [5.41, 5.74) is 2.29. The second-order valence-corrected chi connectivity index (χ2v) is 9.07. The minimum Gasteiger partial charge on any atom is -0.375 e. The van der Waals surface area contributed by atoms with Gasteiger partial charge in [0, 0.05) is 31.1 Å². The molecule has 1 aliphatic heterocycles. The van der Waals surface area contributed by atoms with E-state index < -0.39 is 0 Å². The fraction of sp³-hybridized carbons (Fsp3) is 0.556. The van der Waals surface area contributed by atoms with Crippen molar-refractivity contribution >= 4 is 33.9 Å². The quantitative estimate of drug-likeness (QED) is 0.734. The molecule has 1 aliphatic rings. The molecule has 3 rings (SSSR count). The van der Waals surface area contributed by atoms with Gasteiger partial charge < -0.3 is 10.1 Å². The number of benzene rings is 1. The summed E-state index contributed by atoms with van der Waals surface area (Å²) >= 11 is 3.33. The first-order chi connectivity index (χ1) is 12.1. The van der Waals surface area contributed by atoms with Crippen molar-refractivity contribution in [1.82, 2.24) is 15.1 Å². The molecule has 0 bridgehead atoms. The lowest BCUT2D eigenvalue weighted by Crippen LogP contribution is -2.44. The highest BCUT2D eigenvalue weighted by molar-refractivity contribution is 8.01. The third-order valence-electron chi connectivity index (χ3n) is 3.95. The van der Waals surface area contributed by atoms with Gasteiger partial charge >= 0.3 is 0 Å². The van der Waals surface area contributed by atoms with E-state index in [0.29, 0.717) is 5.92 Å². The van der Waals surface area contributed by atoms with E-state index in [0.717, 1.165) is 47.2 Å². The summed E-state index contributed by atoms with van der Waals surface area (Å²) in [4.78, 5) is 2.50. The number of aryl methyl sites for hydroxylation is 1. The molecule has 25 heavy (non-hydrogen) atoms. The lowest BCUT2D eigenvalue weighted by molar-refractivity contribution is -0.0191. The van der Waals surface area contributed by atoms with Gasteiger partial charge in [-0.1, -0.05) is 54.6 Å². The van der Waals surface area contributed by atoms with Gasteiger partial charge in [-0.15, -0.1) is 10.2 Å². The Morgan fingerprint density at radius 2 is 2.12 bits per heavy atom. The first-order valence-electron chi connectivity index (χ1n) is 8.72. The van der Waals surface area contributed by atoms with E-state index >= 15 is 0 Å². The highest BCUT2D eigenvalue weighted by atomic mass is 32.2. The topological polar surface area (TPSA) is 50.3 Å². The third kappa shape index (κ3) is 5.95. The Hall–Kier alpha value is -1.15. The van der Waals surface area contributed by atoms with Crippen LogP contribution in [0.5, 0.6) is 0 Å². The van der Waals surface area contributed by atoms with Crippen LogP contribution in [0.1, 0.15) is 19.4 Å². The summed E-state index contributed by atoms with van der Waals surface area (Å²) in [5, 5.41) is 12.7. The Morgan fingerprint density at radius 3 is 2.88 bits per heavy atom. The second-order valence-electron chi connectivity index (χ2n) is 6.82. The minimum atomic E-state index is 0.273. The third-order valence-corrected chi connectivity index (χ3v) is 6.05. The van der Waals surface area contributed by atoms with Gasteiger partial charge in [0.15, 0.2) is 4.34 Å². The number of aromatic nitrogens is 2. The number of ether oxygens (including phenoxy) is 1. The van der Waals surface area contributed by atoms with Crippen molar-refractivity contribution in [3.05, 3.63) is 29.8 Å². The molecule has 1 N–H and O–H groups in total. The molecule has 0 spiro atoms. The van der Waals surface area contributed by atoms with Crippen LogP contribution in [0, 0.1) is 12.8 Å². The molecule has 1 aromatic heterocycles. The lowest BCUT2D eigenvalue weighted by Gasteiger charge is -2.33. The standard InChI is InChI=1S/C18H26N4OS2/c1-13(2)10-22-8-9-23-16(11-22)12-24-18-21-20-17(25-18)19-15-6-4-14(3)5-7-15/h4-7,13,16H,8-12H2,1-3H3,(H,19,20)/t16-/m1/s1. The van der Waals surface area contributed by atoms with Crippen LogP contribution >= 0.6 is 23.1 Å². The lowest BCUT2D eigenvalue weighted by atomic mass is 10.2. The number of thioether (sulfide) groups is 1. The molecular weight excluding hydrogens is 352 g/mol. The van der Waals surface area contributed by atoms with Crippen LogP contribution in [0.3, 0.4) is 0 Å². The van der Waals surface area contributed by atoms with Gasteiger partial charge in [-0.25, -0.2) is 0 Å². The van der Waals surface area contributed by atoms with Gasteiger partial charge in [-0.05, 0) is 25.0 Å². The van der Waals surface area contributed by atoms with E-state index in [1.54, 1.807) is 23.1 Å². The molecule has 7 heteroatoms. The zero-order valence-corrected chi connectivity index (χ0v) is 16.7. The Morgan fingerprint density at radius 1 is 1.32 bits per heavy atom. The summed E-state index contributed by atoms with van der Waals surface area (Å²) < 4.78 is 6.89. The largest absolute Gasteiger partial charge is 0.375 e. The van der Waals surface area contributed by atoms with Crippen LogP contribution in [-0.2, 0) is 4.74 Å². The van der Waals surface area contributed by atoms with E-state index in [2.05, 4.69) is 65.5 Å². The first-order valence-corrected chi connectivity index (χ1v) is 10.5. The van der Waals surface area contributed by atoms with E-state index in [1.165, 1.54) is 5.56 Å². The Labute approximate surface area is 158 Å². The van der Waals surface area contributed by atoms with Crippen LogP contribution in [-0.4, -0.2) is 53.2 Å². The first kappa shape index (κ1) is 18.6. The zero-order chi connectivity index (χ0) is 17.6. The molecule has 0 aliphatic carbocycles. The minimum absolute atomic E-state index is 0.273. The van der Waals surface area contributed by atoms with E-state index in [9.17, 15) is 0 Å². The molecule has 0 saturated carbocycles. The molecule has 136 valence electrons. The number of anilines is 2. The average Bonchev–Trinajstić information content (AvgIpc) is 3.02. The molecule has 1 saturated heterocycles. The predicted octanol–water partition coefficient (Wildman–Crippen LogP) is 4.04. The number of rotatable bonds is 7. The fourth-order valence-corrected chi connectivity index (χ4v) is 4.61. The molecule has 1 fully saturated rings.